The first-order valence-electron chi connectivity index (χ1n) is 5.69. The Morgan fingerprint density at radius 1 is 1.11 bits per heavy atom. The quantitative estimate of drug-likeness (QED) is 0.466. The van der Waals surface area contributed by atoms with Crippen molar-refractivity contribution in [2.75, 3.05) is 11.1 Å². The Bertz CT molecular complexity index is 585. The summed E-state index contributed by atoms with van der Waals surface area (Å²) >= 11 is 0. The van der Waals surface area contributed by atoms with Gasteiger partial charge in [-0.2, -0.15) is 0 Å². The van der Waals surface area contributed by atoms with E-state index in [1.807, 2.05) is 0 Å². The number of amides is 1. The van der Waals surface area contributed by atoms with Crippen LogP contribution in [0.25, 0.3) is 0 Å². The van der Waals surface area contributed by atoms with Crippen LogP contribution in [-0.4, -0.2) is 23.1 Å². The number of carbonyl (C=O) groups excluding carboxylic acids is 1. The van der Waals surface area contributed by atoms with Crippen molar-refractivity contribution < 1.29 is 14.8 Å². The highest BCUT2D eigenvalue weighted by molar-refractivity contribution is 6.58. The molecule has 0 heterocycles. The number of nitrogens with two attached hydrogens (primary N) is 1. The summed E-state index contributed by atoms with van der Waals surface area (Å²) in [4.78, 5) is 11.9. The molecule has 1 amide bonds. The van der Waals surface area contributed by atoms with E-state index < -0.39 is 7.12 Å². The van der Waals surface area contributed by atoms with Gasteiger partial charge in [0.25, 0.3) is 5.91 Å². The van der Waals surface area contributed by atoms with Gasteiger partial charge in [0.2, 0.25) is 0 Å². The molecule has 0 saturated heterocycles. The van der Waals surface area contributed by atoms with E-state index in [-0.39, 0.29) is 5.91 Å². The van der Waals surface area contributed by atoms with E-state index in [9.17, 15) is 4.79 Å². The maximum atomic E-state index is 11.9. The van der Waals surface area contributed by atoms with Crippen LogP contribution in [-0.2, 0) is 0 Å². The molecule has 0 aliphatic rings. The van der Waals surface area contributed by atoms with Crippen molar-refractivity contribution >= 4 is 29.9 Å². The van der Waals surface area contributed by atoms with Gasteiger partial charge in [0.15, 0.2) is 0 Å². The second-order valence-electron chi connectivity index (χ2n) is 4.08. The lowest BCUT2D eigenvalue weighted by atomic mass is 9.80. The smallest absolute Gasteiger partial charge is 0.423 e. The molecule has 0 aliphatic heterocycles. The summed E-state index contributed by atoms with van der Waals surface area (Å²) in [5.41, 5.74) is 7.41. The van der Waals surface area contributed by atoms with Crippen molar-refractivity contribution in [1.29, 1.82) is 0 Å². The van der Waals surface area contributed by atoms with Gasteiger partial charge in [0.1, 0.15) is 0 Å². The molecule has 0 aromatic heterocycles. The minimum Gasteiger partial charge on any atom is -0.423 e. The molecule has 0 bridgehead atoms. The van der Waals surface area contributed by atoms with Crippen LogP contribution in [0.3, 0.4) is 0 Å². The van der Waals surface area contributed by atoms with Crippen molar-refractivity contribution in [2.24, 2.45) is 0 Å². The fraction of sp³-hybridized carbons (Fsp3) is 0. The first-order valence-corrected chi connectivity index (χ1v) is 5.69. The lowest BCUT2D eigenvalue weighted by molar-refractivity contribution is 0.102. The van der Waals surface area contributed by atoms with Gasteiger partial charge in [-0.1, -0.05) is 12.1 Å². The number of hydrogen-bond donors (Lipinski definition) is 4. The number of benzene rings is 2. The molecule has 6 heteroatoms. The zero-order valence-corrected chi connectivity index (χ0v) is 10.1. The van der Waals surface area contributed by atoms with Gasteiger partial charge in [0, 0.05) is 16.9 Å². The molecular formula is C13H13BN2O3. The molecule has 2 aromatic carbocycles. The lowest BCUT2D eigenvalue weighted by Crippen LogP contribution is -2.30. The topological polar surface area (TPSA) is 95.6 Å². The normalized spacial score (nSPS) is 10.0. The summed E-state index contributed by atoms with van der Waals surface area (Å²) < 4.78 is 0. The summed E-state index contributed by atoms with van der Waals surface area (Å²) in [5.74, 6) is -0.287. The Balaban J connectivity index is 2.14. The van der Waals surface area contributed by atoms with Gasteiger partial charge >= 0.3 is 7.12 Å². The molecule has 2 rings (SSSR count). The Morgan fingerprint density at radius 3 is 2.42 bits per heavy atom. The van der Waals surface area contributed by atoms with E-state index >= 15 is 0 Å². The average molecular weight is 256 g/mol. The maximum absolute atomic E-state index is 11.9. The van der Waals surface area contributed by atoms with Crippen LogP contribution >= 0.6 is 0 Å². The molecule has 5 nitrogen and oxygen atoms in total. The average Bonchev–Trinajstić information content (AvgIpc) is 2.39. The van der Waals surface area contributed by atoms with Crippen molar-refractivity contribution in [3.8, 4) is 0 Å². The van der Waals surface area contributed by atoms with Crippen LogP contribution in [0.1, 0.15) is 10.4 Å². The summed E-state index contributed by atoms with van der Waals surface area (Å²) in [6, 6.07) is 12.9. The fourth-order valence-corrected chi connectivity index (χ4v) is 1.61. The van der Waals surface area contributed by atoms with Gasteiger partial charge in [-0.15, -0.1) is 0 Å². The van der Waals surface area contributed by atoms with E-state index in [2.05, 4.69) is 5.32 Å². The molecule has 2 aromatic rings. The zero-order valence-electron chi connectivity index (χ0n) is 10.1. The van der Waals surface area contributed by atoms with E-state index in [4.69, 9.17) is 15.8 Å². The molecule has 0 aliphatic carbocycles. The molecule has 0 fully saturated rings. The highest BCUT2D eigenvalue weighted by Crippen LogP contribution is 2.10. The van der Waals surface area contributed by atoms with E-state index in [1.165, 1.54) is 6.07 Å². The third kappa shape index (κ3) is 3.34. The number of hydrogen-bond acceptors (Lipinski definition) is 4. The summed E-state index contributed by atoms with van der Waals surface area (Å²) in [5, 5.41) is 20.8. The highest BCUT2D eigenvalue weighted by Gasteiger charge is 2.12. The fourth-order valence-electron chi connectivity index (χ4n) is 1.61. The van der Waals surface area contributed by atoms with E-state index in [0.29, 0.717) is 22.4 Å². The molecule has 19 heavy (non-hydrogen) atoms. The molecule has 0 unspecified atom stereocenters. The summed E-state index contributed by atoms with van der Waals surface area (Å²) in [6.07, 6.45) is 0. The number of nitrogen functional groups attached to an aromatic ring is 1. The van der Waals surface area contributed by atoms with E-state index in [1.54, 1.807) is 42.5 Å². The van der Waals surface area contributed by atoms with E-state index in [0.717, 1.165) is 0 Å². The van der Waals surface area contributed by atoms with Gasteiger partial charge in [-0.25, -0.2) is 0 Å². The summed E-state index contributed by atoms with van der Waals surface area (Å²) in [7, 11) is -1.56. The second kappa shape index (κ2) is 5.56. The van der Waals surface area contributed by atoms with Crippen molar-refractivity contribution in [3.05, 3.63) is 54.1 Å². The number of anilines is 2. The zero-order chi connectivity index (χ0) is 13.8. The van der Waals surface area contributed by atoms with Crippen molar-refractivity contribution in [1.82, 2.24) is 0 Å². The first kappa shape index (κ1) is 13.1. The largest absolute Gasteiger partial charge is 0.488 e. The standard InChI is InChI=1S/C13H13BN2O3/c15-11-6-4-9(5-7-11)13(17)16-12-3-1-2-10(8-12)14(18)19/h1-8,18-19H,15H2,(H,16,17). The minimum absolute atomic E-state index is 0.287. The van der Waals surface area contributed by atoms with Crippen LogP contribution in [0.2, 0.25) is 0 Å². The first-order chi connectivity index (χ1) is 9.06. The monoisotopic (exact) mass is 256 g/mol. The summed E-state index contributed by atoms with van der Waals surface area (Å²) in [6.45, 7) is 0. The Hall–Kier alpha value is -2.31. The Labute approximate surface area is 110 Å². The van der Waals surface area contributed by atoms with Crippen LogP contribution < -0.4 is 16.5 Å². The minimum atomic E-state index is -1.56. The third-order valence-electron chi connectivity index (χ3n) is 2.62. The molecule has 0 spiro atoms. The molecule has 96 valence electrons. The SMILES string of the molecule is Nc1ccc(C(=O)Nc2cccc(B(O)O)c2)cc1. The van der Waals surface area contributed by atoms with Crippen molar-refractivity contribution in [2.45, 2.75) is 0 Å². The van der Waals surface area contributed by atoms with Gasteiger partial charge < -0.3 is 21.1 Å². The van der Waals surface area contributed by atoms with Crippen LogP contribution in [0.15, 0.2) is 48.5 Å². The van der Waals surface area contributed by atoms with Crippen LogP contribution in [0, 0.1) is 0 Å². The molecule has 0 atom stereocenters. The second-order valence-corrected chi connectivity index (χ2v) is 4.08. The predicted molar refractivity (Wildman–Crippen MR) is 75.1 cm³/mol. The number of nitrogens with one attached hydrogen (secondary N) is 1. The van der Waals surface area contributed by atoms with Crippen LogP contribution in [0.4, 0.5) is 11.4 Å². The van der Waals surface area contributed by atoms with Gasteiger partial charge in [-0.3, -0.25) is 4.79 Å². The Kier molecular flexibility index (Phi) is 3.84. The van der Waals surface area contributed by atoms with Crippen LogP contribution in [0.5, 0.6) is 0 Å². The van der Waals surface area contributed by atoms with Crippen molar-refractivity contribution in [3.63, 3.8) is 0 Å². The lowest BCUT2D eigenvalue weighted by Gasteiger charge is -2.07. The number of carbonyl (C=O) groups is 1. The number of rotatable bonds is 3. The third-order valence-corrected chi connectivity index (χ3v) is 2.62. The highest BCUT2D eigenvalue weighted by atomic mass is 16.4. The molecular weight excluding hydrogens is 243 g/mol. The molecule has 5 N–H and O–H groups in total. The van der Waals surface area contributed by atoms with Gasteiger partial charge in [0.05, 0.1) is 0 Å². The van der Waals surface area contributed by atoms with Gasteiger partial charge in [-0.05, 0) is 41.9 Å². The molecule has 0 saturated carbocycles. The predicted octanol–water partition coefficient (Wildman–Crippen LogP) is 0.201. The Morgan fingerprint density at radius 2 is 1.79 bits per heavy atom. The molecule has 0 radical (unpaired) electrons. The maximum Gasteiger partial charge on any atom is 0.488 e.